The summed E-state index contributed by atoms with van der Waals surface area (Å²) in [5.41, 5.74) is 0. The summed E-state index contributed by atoms with van der Waals surface area (Å²) in [6.07, 6.45) is 1.64. The van der Waals surface area contributed by atoms with Gasteiger partial charge in [-0.2, -0.15) is 0 Å². The number of anilines is 1. The van der Waals surface area contributed by atoms with Crippen molar-refractivity contribution in [2.24, 2.45) is 0 Å². The maximum Gasteiger partial charge on any atom is 0.126 e. The molecule has 0 aliphatic carbocycles. The normalized spacial score (nSPS) is 10.8. The maximum atomic E-state index is 5.74. The number of hydrogen-bond donors (Lipinski definition) is 1. The van der Waals surface area contributed by atoms with Gasteiger partial charge < -0.3 is 15.0 Å². The Labute approximate surface area is 102 Å². The number of likely N-dealkylation sites (N-methyl/N-ethyl adjacent to an activating group) is 1. The lowest BCUT2D eigenvalue weighted by atomic mass is 10.4. The minimum Gasteiger partial charge on any atom is -0.383 e. The van der Waals surface area contributed by atoms with Crippen molar-refractivity contribution >= 4 is 17.4 Å². The molecule has 4 nitrogen and oxygen atoms in total. The highest BCUT2D eigenvalue weighted by Crippen LogP contribution is 2.08. The second kappa shape index (κ2) is 7.44. The number of ether oxygens (including phenoxy) is 1. The van der Waals surface area contributed by atoms with E-state index < -0.39 is 0 Å². The summed E-state index contributed by atoms with van der Waals surface area (Å²) in [5.74, 6) is 0.851. The molecule has 0 fully saturated rings. The number of aromatic nitrogens is 1. The number of halogens is 1. The SMILES string of the molecule is COCCN(C)CCNc1ccc(Cl)cn1. The van der Waals surface area contributed by atoms with E-state index in [4.69, 9.17) is 16.3 Å². The summed E-state index contributed by atoms with van der Waals surface area (Å²) < 4.78 is 5.00. The molecule has 0 atom stereocenters. The molecule has 0 radical (unpaired) electrons. The van der Waals surface area contributed by atoms with E-state index in [-0.39, 0.29) is 0 Å². The molecule has 1 aromatic heterocycles. The highest BCUT2D eigenvalue weighted by Gasteiger charge is 1.98. The van der Waals surface area contributed by atoms with Crippen LogP contribution in [0.5, 0.6) is 0 Å². The van der Waals surface area contributed by atoms with Crippen molar-refractivity contribution in [3.05, 3.63) is 23.4 Å². The summed E-state index contributed by atoms with van der Waals surface area (Å²) in [6, 6.07) is 3.70. The van der Waals surface area contributed by atoms with E-state index in [1.807, 2.05) is 12.1 Å². The highest BCUT2D eigenvalue weighted by atomic mass is 35.5. The highest BCUT2D eigenvalue weighted by molar-refractivity contribution is 6.30. The standard InChI is InChI=1S/C11H18ClN3O/c1-15(7-8-16-2)6-5-13-11-4-3-10(12)9-14-11/h3-4,9H,5-8H2,1-2H3,(H,13,14). The number of nitrogens with zero attached hydrogens (tertiary/aromatic N) is 2. The van der Waals surface area contributed by atoms with E-state index in [2.05, 4.69) is 22.2 Å². The summed E-state index contributed by atoms with van der Waals surface area (Å²) in [6.45, 7) is 3.50. The summed E-state index contributed by atoms with van der Waals surface area (Å²) in [4.78, 5) is 6.35. The third-order valence-electron chi connectivity index (χ3n) is 2.20. The van der Waals surface area contributed by atoms with Gasteiger partial charge in [-0.05, 0) is 19.2 Å². The fraction of sp³-hybridized carbons (Fsp3) is 0.545. The van der Waals surface area contributed by atoms with Gasteiger partial charge in [0, 0.05) is 32.9 Å². The zero-order valence-electron chi connectivity index (χ0n) is 9.74. The molecule has 1 rings (SSSR count). The minimum atomic E-state index is 0.655. The van der Waals surface area contributed by atoms with Gasteiger partial charge in [0.05, 0.1) is 11.6 Å². The van der Waals surface area contributed by atoms with E-state index in [1.54, 1.807) is 13.3 Å². The molecule has 0 unspecified atom stereocenters. The van der Waals surface area contributed by atoms with Gasteiger partial charge in [-0.3, -0.25) is 0 Å². The molecule has 0 bridgehead atoms. The predicted octanol–water partition coefficient (Wildman–Crippen LogP) is 1.73. The van der Waals surface area contributed by atoms with Gasteiger partial charge in [0.15, 0.2) is 0 Å². The van der Waals surface area contributed by atoms with E-state index in [9.17, 15) is 0 Å². The van der Waals surface area contributed by atoms with E-state index in [0.717, 1.165) is 32.1 Å². The Kier molecular flexibility index (Phi) is 6.15. The summed E-state index contributed by atoms with van der Waals surface area (Å²) in [7, 11) is 3.78. The lowest BCUT2D eigenvalue weighted by Gasteiger charge is -2.16. The first kappa shape index (κ1) is 13.2. The number of rotatable bonds is 7. The van der Waals surface area contributed by atoms with Crippen LogP contribution < -0.4 is 5.32 Å². The summed E-state index contributed by atoms with van der Waals surface area (Å²) >= 11 is 5.74. The Morgan fingerprint density at radius 3 is 2.88 bits per heavy atom. The van der Waals surface area contributed by atoms with Crippen molar-refractivity contribution in [2.45, 2.75) is 0 Å². The molecule has 1 aromatic rings. The lowest BCUT2D eigenvalue weighted by molar-refractivity contribution is 0.163. The average molecular weight is 244 g/mol. The number of hydrogen-bond acceptors (Lipinski definition) is 4. The van der Waals surface area contributed by atoms with Gasteiger partial charge >= 0.3 is 0 Å². The van der Waals surface area contributed by atoms with Crippen molar-refractivity contribution in [2.75, 3.05) is 45.7 Å². The zero-order valence-corrected chi connectivity index (χ0v) is 10.5. The van der Waals surface area contributed by atoms with Gasteiger partial charge in [0.25, 0.3) is 0 Å². The minimum absolute atomic E-state index is 0.655. The van der Waals surface area contributed by atoms with Crippen LogP contribution in [0.3, 0.4) is 0 Å². The van der Waals surface area contributed by atoms with Crippen LogP contribution in [0.4, 0.5) is 5.82 Å². The Hall–Kier alpha value is -0.840. The lowest BCUT2D eigenvalue weighted by Crippen LogP contribution is -2.28. The number of nitrogens with one attached hydrogen (secondary N) is 1. The molecule has 0 amide bonds. The van der Waals surface area contributed by atoms with Crippen LogP contribution in [0, 0.1) is 0 Å². The Morgan fingerprint density at radius 1 is 1.44 bits per heavy atom. The maximum absolute atomic E-state index is 5.74. The zero-order chi connectivity index (χ0) is 11.8. The second-order valence-corrected chi connectivity index (χ2v) is 4.02. The number of pyridine rings is 1. The van der Waals surface area contributed by atoms with Crippen molar-refractivity contribution in [3.63, 3.8) is 0 Å². The topological polar surface area (TPSA) is 37.4 Å². The first-order valence-corrected chi connectivity index (χ1v) is 5.63. The molecule has 0 aliphatic rings. The van der Waals surface area contributed by atoms with Crippen LogP contribution >= 0.6 is 11.6 Å². The molecule has 1 heterocycles. The van der Waals surface area contributed by atoms with Gasteiger partial charge in [0.1, 0.15) is 5.82 Å². The molecule has 0 saturated heterocycles. The quantitative estimate of drug-likeness (QED) is 0.792. The van der Waals surface area contributed by atoms with Crippen molar-refractivity contribution in [3.8, 4) is 0 Å². The third kappa shape index (κ3) is 5.30. The van der Waals surface area contributed by atoms with Gasteiger partial charge in [0.2, 0.25) is 0 Å². The molecule has 5 heteroatoms. The van der Waals surface area contributed by atoms with Crippen LogP contribution in [-0.2, 0) is 4.74 Å². The smallest absolute Gasteiger partial charge is 0.126 e. The first-order valence-electron chi connectivity index (χ1n) is 5.25. The Balaban J connectivity index is 2.17. The molecular weight excluding hydrogens is 226 g/mol. The molecule has 0 aromatic carbocycles. The molecule has 1 N–H and O–H groups in total. The van der Waals surface area contributed by atoms with Crippen LogP contribution in [0.1, 0.15) is 0 Å². The van der Waals surface area contributed by atoms with Crippen LogP contribution in [0.15, 0.2) is 18.3 Å². The average Bonchev–Trinajstić information content (AvgIpc) is 2.29. The first-order chi connectivity index (χ1) is 7.72. The van der Waals surface area contributed by atoms with Crippen LogP contribution in [-0.4, -0.2) is 50.3 Å². The van der Waals surface area contributed by atoms with Gasteiger partial charge in [-0.15, -0.1) is 0 Å². The molecular formula is C11H18ClN3O. The molecule has 0 saturated carbocycles. The fourth-order valence-corrected chi connectivity index (χ4v) is 1.33. The fourth-order valence-electron chi connectivity index (χ4n) is 1.21. The summed E-state index contributed by atoms with van der Waals surface area (Å²) in [5, 5.41) is 3.88. The van der Waals surface area contributed by atoms with Crippen molar-refractivity contribution in [1.29, 1.82) is 0 Å². The van der Waals surface area contributed by atoms with Gasteiger partial charge in [-0.1, -0.05) is 11.6 Å². The Morgan fingerprint density at radius 2 is 2.25 bits per heavy atom. The van der Waals surface area contributed by atoms with Crippen molar-refractivity contribution in [1.82, 2.24) is 9.88 Å². The predicted molar refractivity (Wildman–Crippen MR) is 67.1 cm³/mol. The molecule has 16 heavy (non-hydrogen) atoms. The molecule has 0 aliphatic heterocycles. The molecule has 0 spiro atoms. The number of methoxy groups -OCH3 is 1. The van der Waals surface area contributed by atoms with E-state index in [1.165, 1.54) is 0 Å². The van der Waals surface area contributed by atoms with Crippen LogP contribution in [0.2, 0.25) is 5.02 Å². The monoisotopic (exact) mass is 243 g/mol. The Bertz CT molecular complexity index is 292. The third-order valence-corrected chi connectivity index (χ3v) is 2.43. The second-order valence-electron chi connectivity index (χ2n) is 3.58. The van der Waals surface area contributed by atoms with Gasteiger partial charge in [-0.25, -0.2) is 4.98 Å². The van der Waals surface area contributed by atoms with Crippen LogP contribution in [0.25, 0.3) is 0 Å². The van der Waals surface area contributed by atoms with Crippen molar-refractivity contribution < 1.29 is 4.74 Å². The largest absolute Gasteiger partial charge is 0.383 e. The van der Waals surface area contributed by atoms with E-state index in [0.29, 0.717) is 5.02 Å². The van der Waals surface area contributed by atoms with E-state index >= 15 is 0 Å². The molecule has 90 valence electrons.